The minimum Gasteiger partial charge on any atom is -0.465 e. The summed E-state index contributed by atoms with van der Waals surface area (Å²) < 4.78 is 39.0. The van der Waals surface area contributed by atoms with E-state index in [0.717, 1.165) is 0 Å². The van der Waals surface area contributed by atoms with Crippen molar-refractivity contribution in [1.29, 1.82) is 0 Å². The number of rotatable bonds is 4. The molecule has 1 fully saturated rings. The summed E-state index contributed by atoms with van der Waals surface area (Å²) in [6, 6.07) is 0. The normalized spacial score (nSPS) is 28.2. The lowest BCUT2D eigenvalue weighted by Gasteiger charge is -2.41. The predicted octanol–water partition coefficient (Wildman–Crippen LogP) is 3.15. The highest BCUT2D eigenvalue weighted by molar-refractivity contribution is 5.65. The van der Waals surface area contributed by atoms with Gasteiger partial charge in [0.05, 0.1) is 12.0 Å². The van der Waals surface area contributed by atoms with Crippen molar-refractivity contribution in [2.45, 2.75) is 57.7 Å². The molecule has 1 aliphatic carbocycles. The van der Waals surface area contributed by atoms with Gasteiger partial charge in [-0.1, -0.05) is 0 Å². The fourth-order valence-corrected chi connectivity index (χ4v) is 3.03. The van der Waals surface area contributed by atoms with E-state index in [9.17, 15) is 18.0 Å². The number of aliphatic hydroxyl groups excluding tert-OH is 1. The van der Waals surface area contributed by atoms with Crippen LogP contribution in [0.3, 0.4) is 0 Å². The molecule has 0 atom stereocenters. The van der Waals surface area contributed by atoms with Gasteiger partial charge in [0.2, 0.25) is 0 Å². The molecule has 0 saturated heterocycles. The van der Waals surface area contributed by atoms with Gasteiger partial charge in [-0.3, -0.25) is 0 Å². The maximum absolute atomic E-state index is 13.0. The van der Waals surface area contributed by atoms with Crippen molar-refractivity contribution in [1.82, 2.24) is 5.32 Å². The molecule has 0 aromatic rings. The first-order valence-corrected chi connectivity index (χ1v) is 6.70. The first kappa shape index (κ1) is 17.1. The van der Waals surface area contributed by atoms with Gasteiger partial charge < -0.3 is 15.5 Å². The summed E-state index contributed by atoms with van der Waals surface area (Å²) >= 11 is 0. The van der Waals surface area contributed by atoms with Gasteiger partial charge in [-0.05, 0) is 51.9 Å². The summed E-state index contributed by atoms with van der Waals surface area (Å²) in [5.41, 5.74) is -2.64. The summed E-state index contributed by atoms with van der Waals surface area (Å²) in [6.07, 6.45) is -4.51. The fraction of sp³-hybridized carbons (Fsp3) is 0.923. The van der Waals surface area contributed by atoms with Crippen LogP contribution in [-0.4, -0.2) is 34.6 Å². The molecule has 0 bridgehead atoms. The van der Waals surface area contributed by atoms with Crippen LogP contribution in [0.25, 0.3) is 0 Å². The zero-order chi connectivity index (χ0) is 15.6. The molecule has 7 heteroatoms. The van der Waals surface area contributed by atoms with Gasteiger partial charge in [0.1, 0.15) is 0 Å². The van der Waals surface area contributed by atoms with Crippen LogP contribution in [0, 0.1) is 11.3 Å². The van der Waals surface area contributed by atoms with E-state index in [1.807, 2.05) is 0 Å². The molecule has 4 nitrogen and oxygen atoms in total. The number of carboxylic acid groups (broad SMARTS) is 1. The Morgan fingerprint density at radius 3 is 2.15 bits per heavy atom. The Hall–Kier alpha value is -0.980. The van der Waals surface area contributed by atoms with Crippen molar-refractivity contribution in [2.75, 3.05) is 6.61 Å². The van der Waals surface area contributed by atoms with E-state index < -0.39 is 29.8 Å². The minimum absolute atomic E-state index is 0.0406. The van der Waals surface area contributed by atoms with E-state index in [-0.39, 0.29) is 18.8 Å². The molecular weight excluding hydrogens is 275 g/mol. The Kier molecular flexibility index (Phi) is 4.94. The number of aliphatic hydroxyl groups is 1. The maximum Gasteiger partial charge on any atom is 0.405 e. The second kappa shape index (κ2) is 5.79. The Labute approximate surface area is 116 Å². The van der Waals surface area contributed by atoms with Crippen LogP contribution in [0.4, 0.5) is 18.0 Å². The maximum atomic E-state index is 13.0. The molecule has 3 N–H and O–H groups in total. The predicted molar refractivity (Wildman–Crippen MR) is 67.4 cm³/mol. The van der Waals surface area contributed by atoms with Crippen LogP contribution in [0.15, 0.2) is 0 Å². The van der Waals surface area contributed by atoms with Crippen LogP contribution >= 0.6 is 0 Å². The first-order chi connectivity index (χ1) is 9.01. The van der Waals surface area contributed by atoms with Crippen molar-refractivity contribution in [3.63, 3.8) is 0 Å². The van der Waals surface area contributed by atoms with Gasteiger partial charge in [0, 0.05) is 5.54 Å². The molecule has 20 heavy (non-hydrogen) atoms. The molecule has 0 heterocycles. The second-order valence-electron chi connectivity index (χ2n) is 6.40. The third-order valence-electron chi connectivity index (χ3n) is 4.21. The second-order valence-corrected chi connectivity index (χ2v) is 6.40. The molecule has 1 rings (SSSR count). The van der Waals surface area contributed by atoms with Crippen molar-refractivity contribution < 1.29 is 28.2 Å². The quantitative estimate of drug-likeness (QED) is 0.746. The van der Waals surface area contributed by atoms with E-state index >= 15 is 0 Å². The Balaban J connectivity index is 2.60. The van der Waals surface area contributed by atoms with Crippen LogP contribution in [0.5, 0.6) is 0 Å². The van der Waals surface area contributed by atoms with Crippen molar-refractivity contribution in [2.24, 2.45) is 11.3 Å². The van der Waals surface area contributed by atoms with Gasteiger partial charge in [-0.2, -0.15) is 13.2 Å². The topological polar surface area (TPSA) is 69.6 Å². The van der Waals surface area contributed by atoms with Crippen molar-refractivity contribution >= 4 is 6.09 Å². The smallest absolute Gasteiger partial charge is 0.405 e. The molecule has 0 aromatic carbocycles. The van der Waals surface area contributed by atoms with Gasteiger partial charge in [-0.15, -0.1) is 0 Å². The number of alkyl halides is 3. The summed E-state index contributed by atoms with van der Waals surface area (Å²) in [4.78, 5) is 10.6. The summed E-state index contributed by atoms with van der Waals surface area (Å²) in [5, 5.41) is 20.2. The van der Waals surface area contributed by atoms with Gasteiger partial charge in [-0.25, -0.2) is 4.79 Å². The molecule has 0 aromatic heterocycles. The van der Waals surface area contributed by atoms with Gasteiger partial charge in [0.15, 0.2) is 0 Å². The molecule has 1 amide bonds. The summed E-state index contributed by atoms with van der Waals surface area (Å²) in [5.74, 6) is 0.0406. The van der Waals surface area contributed by atoms with Crippen LogP contribution in [0.1, 0.15) is 46.0 Å². The van der Waals surface area contributed by atoms with Gasteiger partial charge in [0.25, 0.3) is 0 Å². The zero-order valence-electron chi connectivity index (χ0n) is 11.8. The lowest BCUT2D eigenvalue weighted by Crippen LogP contribution is -2.47. The van der Waals surface area contributed by atoms with E-state index in [2.05, 4.69) is 5.32 Å². The molecule has 0 spiro atoms. The molecule has 0 aliphatic heterocycles. The molecule has 1 aliphatic rings. The number of hydrogen-bond acceptors (Lipinski definition) is 2. The summed E-state index contributed by atoms with van der Waals surface area (Å²) in [6.45, 7) is 2.57. The van der Waals surface area contributed by atoms with Crippen LogP contribution < -0.4 is 5.32 Å². The molecule has 118 valence electrons. The number of halogens is 3. The van der Waals surface area contributed by atoms with E-state index in [1.54, 1.807) is 13.8 Å². The highest BCUT2D eigenvalue weighted by atomic mass is 19.4. The van der Waals surface area contributed by atoms with E-state index in [4.69, 9.17) is 10.2 Å². The summed E-state index contributed by atoms with van der Waals surface area (Å²) in [7, 11) is 0. The Morgan fingerprint density at radius 1 is 1.30 bits per heavy atom. The standard InChI is InChI=1S/C13H22F3NO3/c1-11(2,17-10(19)20)7-9-3-5-12(8-18,6-4-9)13(14,15)16/h9,17-18H,3-8H2,1-2H3,(H,19,20). The molecule has 0 radical (unpaired) electrons. The first-order valence-electron chi connectivity index (χ1n) is 6.70. The van der Waals surface area contributed by atoms with Crippen LogP contribution in [-0.2, 0) is 0 Å². The molecule has 0 unspecified atom stereocenters. The van der Waals surface area contributed by atoms with E-state index in [1.165, 1.54) is 0 Å². The monoisotopic (exact) mass is 297 g/mol. The van der Waals surface area contributed by atoms with Crippen molar-refractivity contribution in [3.8, 4) is 0 Å². The van der Waals surface area contributed by atoms with Gasteiger partial charge >= 0.3 is 12.3 Å². The molecular formula is C13H22F3NO3. The lowest BCUT2D eigenvalue weighted by molar-refractivity contribution is -0.248. The largest absolute Gasteiger partial charge is 0.465 e. The van der Waals surface area contributed by atoms with E-state index in [0.29, 0.717) is 19.3 Å². The highest BCUT2D eigenvalue weighted by Gasteiger charge is 2.55. The lowest BCUT2D eigenvalue weighted by atomic mass is 9.68. The van der Waals surface area contributed by atoms with Crippen molar-refractivity contribution in [3.05, 3.63) is 0 Å². The number of amides is 1. The zero-order valence-corrected chi connectivity index (χ0v) is 11.8. The number of carbonyl (C=O) groups is 1. The average Bonchev–Trinajstić information content (AvgIpc) is 2.26. The Bertz CT molecular complexity index is 347. The SMILES string of the molecule is CC(C)(CC1CCC(CO)(C(F)(F)F)CC1)NC(=O)O. The third-order valence-corrected chi connectivity index (χ3v) is 4.21. The average molecular weight is 297 g/mol. The molecule has 1 saturated carbocycles. The fourth-order valence-electron chi connectivity index (χ4n) is 3.03. The number of hydrogen-bond donors (Lipinski definition) is 3. The van der Waals surface area contributed by atoms with Crippen LogP contribution in [0.2, 0.25) is 0 Å². The Morgan fingerprint density at radius 2 is 1.80 bits per heavy atom. The highest BCUT2D eigenvalue weighted by Crippen LogP contribution is 2.50. The number of nitrogens with one attached hydrogen (secondary N) is 1. The minimum atomic E-state index is -4.39. The third kappa shape index (κ3) is 4.01.